The van der Waals surface area contributed by atoms with Crippen molar-refractivity contribution in [2.45, 2.75) is 24.9 Å². The van der Waals surface area contributed by atoms with Crippen molar-refractivity contribution < 1.29 is 5.11 Å². The van der Waals surface area contributed by atoms with E-state index in [1.54, 1.807) is 16.4 Å². The van der Waals surface area contributed by atoms with Gasteiger partial charge in [-0.15, -0.1) is 5.10 Å². The lowest BCUT2D eigenvalue weighted by Gasteiger charge is -2.09. The van der Waals surface area contributed by atoms with Gasteiger partial charge in [-0.25, -0.2) is 0 Å². The Labute approximate surface area is 117 Å². The summed E-state index contributed by atoms with van der Waals surface area (Å²) in [7, 11) is 0. The van der Waals surface area contributed by atoms with Crippen molar-refractivity contribution in [2.75, 3.05) is 12.4 Å². The minimum Gasteiger partial charge on any atom is -0.396 e. The van der Waals surface area contributed by atoms with Crippen molar-refractivity contribution in [1.29, 1.82) is 0 Å². The van der Waals surface area contributed by atoms with Gasteiger partial charge in [0, 0.05) is 12.4 Å². The second kappa shape index (κ2) is 7.25. The Bertz CT molecular complexity index is 488. The first-order valence-electron chi connectivity index (χ1n) is 6.38. The molecule has 102 valence electrons. The van der Waals surface area contributed by atoms with Gasteiger partial charge in [-0.3, -0.25) is 0 Å². The van der Waals surface area contributed by atoms with Crippen LogP contribution in [0.3, 0.4) is 0 Å². The Morgan fingerprint density at radius 3 is 2.84 bits per heavy atom. The van der Waals surface area contributed by atoms with Gasteiger partial charge in [0.2, 0.25) is 5.16 Å². The number of nitrogens with zero attached hydrogens (tertiary/aromatic N) is 4. The van der Waals surface area contributed by atoms with E-state index in [4.69, 9.17) is 5.11 Å². The minimum absolute atomic E-state index is 0.261. The molecule has 2 aromatic rings. The molecule has 1 aromatic carbocycles. The average Bonchev–Trinajstić information content (AvgIpc) is 2.92. The number of benzene rings is 1. The summed E-state index contributed by atoms with van der Waals surface area (Å²) in [5.74, 6) is 1.49. The molecule has 0 saturated heterocycles. The third kappa shape index (κ3) is 4.04. The molecule has 1 atom stereocenters. The van der Waals surface area contributed by atoms with E-state index in [2.05, 4.69) is 22.4 Å². The Balaban J connectivity index is 1.97. The normalized spacial score (nSPS) is 12.5. The van der Waals surface area contributed by atoms with Crippen LogP contribution in [-0.2, 0) is 0 Å². The first kappa shape index (κ1) is 14.0. The number of hydrogen-bond acceptors (Lipinski definition) is 5. The van der Waals surface area contributed by atoms with E-state index in [0.29, 0.717) is 5.92 Å². The number of rotatable bonds is 7. The lowest BCUT2D eigenvalue weighted by atomic mass is 10.1. The monoisotopic (exact) mass is 278 g/mol. The van der Waals surface area contributed by atoms with Gasteiger partial charge < -0.3 is 5.11 Å². The lowest BCUT2D eigenvalue weighted by molar-refractivity contribution is 0.276. The molecular formula is C13H18N4OS. The smallest absolute Gasteiger partial charge is 0.214 e. The van der Waals surface area contributed by atoms with Gasteiger partial charge in [-0.2, -0.15) is 4.68 Å². The molecule has 0 spiro atoms. The molecule has 0 fully saturated rings. The zero-order valence-corrected chi connectivity index (χ0v) is 11.8. The molecule has 0 saturated carbocycles. The molecule has 0 amide bonds. The van der Waals surface area contributed by atoms with Crippen molar-refractivity contribution in [3.05, 3.63) is 30.3 Å². The van der Waals surface area contributed by atoms with Gasteiger partial charge in [0.1, 0.15) is 0 Å². The van der Waals surface area contributed by atoms with Gasteiger partial charge in [-0.1, -0.05) is 36.9 Å². The molecular weight excluding hydrogens is 260 g/mol. The van der Waals surface area contributed by atoms with Crippen molar-refractivity contribution in [3.63, 3.8) is 0 Å². The quantitative estimate of drug-likeness (QED) is 0.786. The van der Waals surface area contributed by atoms with Gasteiger partial charge in [0.05, 0.1) is 5.69 Å². The Kier molecular flexibility index (Phi) is 5.35. The van der Waals surface area contributed by atoms with E-state index >= 15 is 0 Å². The summed E-state index contributed by atoms with van der Waals surface area (Å²) in [6, 6.07) is 9.87. The van der Waals surface area contributed by atoms with Crippen LogP contribution in [0.15, 0.2) is 35.5 Å². The van der Waals surface area contributed by atoms with E-state index < -0.39 is 0 Å². The Morgan fingerprint density at radius 2 is 2.11 bits per heavy atom. The third-order valence-electron chi connectivity index (χ3n) is 2.79. The molecule has 1 heterocycles. The van der Waals surface area contributed by atoms with Crippen LogP contribution in [0, 0.1) is 5.92 Å². The number of hydrogen-bond donors (Lipinski definition) is 1. The number of aromatic nitrogens is 4. The van der Waals surface area contributed by atoms with E-state index in [-0.39, 0.29) is 6.61 Å². The molecule has 0 aliphatic heterocycles. The maximum absolute atomic E-state index is 8.82. The van der Waals surface area contributed by atoms with Crippen LogP contribution in [0.25, 0.3) is 5.69 Å². The van der Waals surface area contributed by atoms with Gasteiger partial charge in [0.15, 0.2) is 0 Å². The van der Waals surface area contributed by atoms with Gasteiger partial charge in [-0.05, 0) is 41.3 Å². The minimum atomic E-state index is 0.261. The average molecular weight is 278 g/mol. The predicted octanol–water partition coefficient (Wildman–Crippen LogP) is 2.16. The zero-order valence-electron chi connectivity index (χ0n) is 10.9. The van der Waals surface area contributed by atoms with Crippen molar-refractivity contribution >= 4 is 11.8 Å². The second-order valence-electron chi connectivity index (χ2n) is 4.49. The highest BCUT2D eigenvalue weighted by molar-refractivity contribution is 7.99. The molecule has 0 unspecified atom stereocenters. The van der Waals surface area contributed by atoms with Crippen LogP contribution in [0.1, 0.15) is 19.8 Å². The SMILES string of the molecule is C[C@H](CCCO)CSc1nnnn1-c1ccccc1. The number of aliphatic hydroxyl groups is 1. The maximum Gasteiger partial charge on any atom is 0.214 e. The zero-order chi connectivity index (χ0) is 13.5. The summed E-state index contributed by atoms with van der Waals surface area (Å²) in [6.45, 7) is 2.44. The number of aliphatic hydroxyl groups excluding tert-OH is 1. The largest absolute Gasteiger partial charge is 0.396 e. The number of para-hydroxylation sites is 1. The molecule has 0 aliphatic carbocycles. The first-order chi connectivity index (χ1) is 9.31. The molecule has 2 rings (SSSR count). The van der Waals surface area contributed by atoms with Crippen LogP contribution in [-0.4, -0.2) is 37.7 Å². The fourth-order valence-electron chi connectivity index (χ4n) is 1.74. The fraction of sp³-hybridized carbons (Fsp3) is 0.462. The van der Waals surface area contributed by atoms with Crippen molar-refractivity contribution in [3.8, 4) is 5.69 Å². The van der Waals surface area contributed by atoms with Crippen LogP contribution in [0.4, 0.5) is 0 Å². The van der Waals surface area contributed by atoms with E-state index in [0.717, 1.165) is 29.4 Å². The summed E-state index contributed by atoms with van der Waals surface area (Å²) < 4.78 is 1.75. The molecule has 1 aromatic heterocycles. The summed E-state index contributed by atoms with van der Waals surface area (Å²) >= 11 is 1.65. The molecule has 0 aliphatic rings. The summed E-state index contributed by atoms with van der Waals surface area (Å²) in [5.41, 5.74) is 0.970. The van der Waals surface area contributed by atoms with E-state index in [1.807, 2.05) is 30.3 Å². The van der Waals surface area contributed by atoms with E-state index in [9.17, 15) is 0 Å². The highest BCUT2D eigenvalue weighted by Gasteiger charge is 2.10. The van der Waals surface area contributed by atoms with Gasteiger partial charge >= 0.3 is 0 Å². The molecule has 6 heteroatoms. The Hall–Kier alpha value is -1.40. The second-order valence-corrected chi connectivity index (χ2v) is 5.48. The summed E-state index contributed by atoms with van der Waals surface area (Å²) in [6.07, 6.45) is 1.88. The van der Waals surface area contributed by atoms with Crippen LogP contribution in [0.5, 0.6) is 0 Å². The topological polar surface area (TPSA) is 63.8 Å². The van der Waals surface area contributed by atoms with Crippen LogP contribution >= 0.6 is 11.8 Å². The standard InChI is InChI=1S/C13H18N4OS/c1-11(6-5-9-18)10-19-13-14-15-16-17(13)12-7-3-2-4-8-12/h2-4,7-8,11,18H,5-6,9-10H2,1H3/t11-/m1/s1. The summed E-state index contributed by atoms with van der Waals surface area (Å²) in [4.78, 5) is 0. The highest BCUT2D eigenvalue weighted by Crippen LogP contribution is 2.22. The predicted molar refractivity (Wildman–Crippen MR) is 75.4 cm³/mol. The third-order valence-corrected chi connectivity index (χ3v) is 4.04. The van der Waals surface area contributed by atoms with E-state index in [1.165, 1.54) is 0 Å². The molecule has 5 nitrogen and oxygen atoms in total. The summed E-state index contributed by atoms with van der Waals surface area (Å²) in [5, 5.41) is 21.4. The van der Waals surface area contributed by atoms with Crippen LogP contribution < -0.4 is 0 Å². The molecule has 0 radical (unpaired) electrons. The highest BCUT2D eigenvalue weighted by atomic mass is 32.2. The number of thioether (sulfide) groups is 1. The van der Waals surface area contributed by atoms with Crippen molar-refractivity contribution in [2.24, 2.45) is 5.92 Å². The number of tetrazole rings is 1. The molecule has 19 heavy (non-hydrogen) atoms. The molecule has 0 bridgehead atoms. The molecule has 1 N–H and O–H groups in total. The fourth-order valence-corrected chi connectivity index (χ4v) is 2.70. The van der Waals surface area contributed by atoms with Crippen molar-refractivity contribution in [1.82, 2.24) is 20.2 Å². The Morgan fingerprint density at radius 1 is 1.32 bits per heavy atom. The maximum atomic E-state index is 8.82. The first-order valence-corrected chi connectivity index (χ1v) is 7.37. The van der Waals surface area contributed by atoms with Gasteiger partial charge in [0.25, 0.3) is 0 Å². The lowest BCUT2D eigenvalue weighted by Crippen LogP contribution is -2.03. The van der Waals surface area contributed by atoms with Crippen LogP contribution in [0.2, 0.25) is 0 Å².